The van der Waals surface area contributed by atoms with Crippen LogP contribution in [0.3, 0.4) is 0 Å². The van der Waals surface area contributed by atoms with Crippen LogP contribution in [0.25, 0.3) is 0 Å². The first-order valence-electron chi connectivity index (χ1n) is 5.59. The van der Waals surface area contributed by atoms with Gasteiger partial charge >= 0.3 is 0 Å². The molecule has 0 fully saturated rings. The number of hydrogen-bond donors (Lipinski definition) is 1. The van der Waals surface area contributed by atoms with Crippen molar-refractivity contribution in [2.24, 2.45) is 0 Å². The minimum atomic E-state index is -3.56. The molecule has 0 saturated carbocycles. The lowest BCUT2D eigenvalue weighted by atomic mass is 10.4. The molecule has 1 aromatic heterocycles. The zero-order chi connectivity index (χ0) is 14.0. The average Bonchev–Trinajstić information content (AvgIpc) is 2.76. The van der Waals surface area contributed by atoms with Crippen LogP contribution in [0.15, 0.2) is 39.0 Å². The number of aromatic nitrogens is 1. The van der Waals surface area contributed by atoms with Crippen molar-refractivity contribution in [3.63, 3.8) is 0 Å². The first kappa shape index (κ1) is 14.6. The van der Waals surface area contributed by atoms with Gasteiger partial charge in [0.25, 0.3) is 0 Å². The van der Waals surface area contributed by atoms with E-state index >= 15 is 0 Å². The molecule has 1 atom stereocenters. The summed E-state index contributed by atoms with van der Waals surface area (Å²) in [7, 11) is -3.56. The highest BCUT2D eigenvalue weighted by molar-refractivity contribution is 9.10. The summed E-state index contributed by atoms with van der Waals surface area (Å²) in [6.45, 7) is 3.67. The van der Waals surface area contributed by atoms with Crippen molar-refractivity contribution in [1.29, 1.82) is 0 Å². The zero-order valence-electron chi connectivity index (χ0n) is 10.4. The SMILES string of the molecule is Cc1csc(C(C)NS(=O)(=O)c2ccccc2Br)n1. The molecule has 0 aliphatic rings. The highest BCUT2D eigenvalue weighted by Crippen LogP contribution is 2.24. The molecule has 0 aliphatic heterocycles. The number of halogens is 1. The van der Waals surface area contributed by atoms with Gasteiger partial charge in [0.2, 0.25) is 10.0 Å². The molecule has 2 rings (SSSR count). The lowest BCUT2D eigenvalue weighted by Gasteiger charge is -2.12. The van der Waals surface area contributed by atoms with Crippen LogP contribution in [-0.2, 0) is 10.0 Å². The molecule has 0 spiro atoms. The molecule has 0 bridgehead atoms. The van der Waals surface area contributed by atoms with Gasteiger partial charge in [0.05, 0.1) is 10.9 Å². The molecule has 2 aromatic rings. The first-order valence-corrected chi connectivity index (χ1v) is 8.74. The van der Waals surface area contributed by atoms with Crippen molar-refractivity contribution in [3.8, 4) is 0 Å². The number of aryl methyl sites for hydroxylation is 1. The fraction of sp³-hybridized carbons (Fsp3) is 0.250. The third-order valence-corrected chi connectivity index (χ3v) is 6.16. The Hall–Kier alpha value is -0.760. The molecule has 19 heavy (non-hydrogen) atoms. The van der Waals surface area contributed by atoms with E-state index in [0.717, 1.165) is 10.7 Å². The van der Waals surface area contributed by atoms with Crippen LogP contribution in [0.1, 0.15) is 23.7 Å². The molecule has 1 heterocycles. The van der Waals surface area contributed by atoms with Crippen LogP contribution in [-0.4, -0.2) is 13.4 Å². The second-order valence-corrected chi connectivity index (χ2v) is 7.53. The summed E-state index contributed by atoms with van der Waals surface area (Å²) < 4.78 is 27.7. The standard InChI is InChI=1S/C12H13BrN2O2S2/c1-8-7-18-12(14-8)9(2)15-19(16,17)11-6-4-3-5-10(11)13/h3-7,9,15H,1-2H3. The Morgan fingerprint density at radius 1 is 1.37 bits per heavy atom. The van der Waals surface area contributed by atoms with Crippen LogP contribution < -0.4 is 4.72 Å². The zero-order valence-corrected chi connectivity index (χ0v) is 13.6. The maximum absolute atomic E-state index is 12.3. The Morgan fingerprint density at radius 2 is 2.05 bits per heavy atom. The van der Waals surface area contributed by atoms with Crippen LogP contribution in [0, 0.1) is 6.92 Å². The summed E-state index contributed by atoms with van der Waals surface area (Å²) in [6, 6.07) is 6.38. The molecule has 7 heteroatoms. The number of thiazole rings is 1. The molecule has 0 radical (unpaired) electrons. The van der Waals surface area contributed by atoms with E-state index in [-0.39, 0.29) is 10.9 Å². The molecule has 102 valence electrons. The van der Waals surface area contributed by atoms with Crippen LogP contribution in [0.2, 0.25) is 0 Å². The van der Waals surface area contributed by atoms with Gasteiger partial charge in [-0.1, -0.05) is 12.1 Å². The quantitative estimate of drug-likeness (QED) is 0.910. The highest BCUT2D eigenvalue weighted by Gasteiger charge is 2.21. The van der Waals surface area contributed by atoms with E-state index in [1.165, 1.54) is 11.3 Å². The predicted molar refractivity (Wildman–Crippen MR) is 79.7 cm³/mol. The first-order chi connectivity index (χ1) is 8.90. The Kier molecular flexibility index (Phi) is 4.39. The molecule has 1 N–H and O–H groups in total. The maximum atomic E-state index is 12.3. The Bertz CT molecular complexity index is 683. The largest absolute Gasteiger partial charge is 0.245 e. The number of sulfonamides is 1. The molecular formula is C12H13BrN2O2S2. The summed E-state index contributed by atoms with van der Waals surface area (Å²) in [5, 5.41) is 2.66. The number of benzene rings is 1. The molecule has 0 saturated heterocycles. The molecule has 1 unspecified atom stereocenters. The highest BCUT2D eigenvalue weighted by atomic mass is 79.9. The number of rotatable bonds is 4. The van der Waals surface area contributed by atoms with Gasteiger partial charge < -0.3 is 0 Å². The summed E-state index contributed by atoms with van der Waals surface area (Å²) in [5.41, 5.74) is 0.895. The minimum Gasteiger partial charge on any atom is -0.245 e. The molecular weight excluding hydrogens is 348 g/mol. The van der Waals surface area contributed by atoms with Crippen LogP contribution in [0.5, 0.6) is 0 Å². The fourth-order valence-corrected chi connectivity index (χ4v) is 4.67. The normalized spacial score (nSPS) is 13.4. The lowest BCUT2D eigenvalue weighted by molar-refractivity contribution is 0.565. The van der Waals surface area contributed by atoms with E-state index in [4.69, 9.17) is 0 Å². The smallest absolute Gasteiger partial charge is 0.242 e. The average molecular weight is 361 g/mol. The third-order valence-electron chi connectivity index (χ3n) is 2.47. The van der Waals surface area contributed by atoms with Crippen molar-refractivity contribution >= 4 is 37.3 Å². The van der Waals surface area contributed by atoms with E-state index < -0.39 is 10.0 Å². The van der Waals surface area contributed by atoms with Crippen LogP contribution in [0.4, 0.5) is 0 Å². The summed E-state index contributed by atoms with van der Waals surface area (Å²) in [5.74, 6) is 0. The topological polar surface area (TPSA) is 59.1 Å². The molecule has 0 aliphatic carbocycles. The number of nitrogens with zero attached hydrogens (tertiary/aromatic N) is 1. The van der Waals surface area contributed by atoms with Crippen molar-refractivity contribution in [2.75, 3.05) is 0 Å². The maximum Gasteiger partial charge on any atom is 0.242 e. The molecule has 1 aromatic carbocycles. The second kappa shape index (κ2) is 5.70. The number of nitrogens with one attached hydrogen (secondary N) is 1. The summed E-state index contributed by atoms with van der Waals surface area (Å²) in [4.78, 5) is 4.52. The van der Waals surface area contributed by atoms with Gasteiger partial charge in [0, 0.05) is 15.5 Å². The van der Waals surface area contributed by atoms with Crippen molar-refractivity contribution in [3.05, 3.63) is 44.8 Å². The van der Waals surface area contributed by atoms with Crippen molar-refractivity contribution < 1.29 is 8.42 Å². The Balaban J connectivity index is 2.25. The monoisotopic (exact) mass is 360 g/mol. The lowest BCUT2D eigenvalue weighted by Crippen LogP contribution is -2.27. The third kappa shape index (κ3) is 3.42. The molecule has 4 nitrogen and oxygen atoms in total. The van der Waals surface area contributed by atoms with Gasteiger partial charge in [-0.2, -0.15) is 0 Å². The van der Waals surface area contributed by atoms with E-state index in [2.05, 4.69) is 25.6 Å². The van der Waals surface area contributed by atoms with Gasteiger partial charge in [-0.3, -0.25) is 0 Å². The van der Waals surface area contributed by atoms with Gasteiger partial charge in [-0.15, -0.1) is 11.3 Å². The summed E-state index contributed by atoms with van der Waals surface area (Å²) in [6.07, 6.45) is 0. The fourth-order valence-electron chi connectivity index (χ4n) is 1.58. The van der Waals surface area contributed by atoms with E-state index in [1.807, 2.05) is 12.3 Å². The van der Waals surface area contributed by atoms with E-state index in [1.54, 1.807) is 31.2 Å². The van der Waals surface area contributed by atoms with Gasteiger partial charge in [-0.05, 0) is 41.9 Å². The van der Waals surface area contributed by atoms with Crippen LogP contribution >= 0.6 is 27.3 Å². The number of hydrogen-bond acceptors (Lipinski definition) is 4. The van der Waals surface area contributed by atoms with E-state index in [0.29, 0.717) is 4.47 Å². The van der Waals surface area contributed by atoms with Crippen molar-refractivity contribution in [2.45, 2.75) is 24.8 Å². The minimum absolute atomic E-state index is 0.232. The van der Waals surface area contributed by atoms with Gasteiger partial charge in [0.15, 0.2) is 0 Å². The van der Waals surface area contributed by atoms with E-state index in [9.17, 15) is 8.42 Å². The van der Waals surface area contributed by atoms with Crippen molar-refractivity contribution in [1.82, 2.24) is 9.71 Å². The molecule has 0 amide bonds. The Morgan fingerprint density at radius 3 is 2.63 bits per heavy atom. The second-order valence-electron chi connectivity index (χ2n) is 4.10. The Labute approximate surface area is 125 Å². The van der Waals surface area contributed by atoms with Gasteiger partial charge in [-0.25, -0.2) is 18.1 Å². The summed E-state index contributed by atoms with van der Waals surface area (Å²) >= 11 is 4.70. The van der Waals surface area contributed by atoms with Gasteiger partial charge in [0.1, 0.15) is 5.01 Å². The predicted octanol–water partition coefficient (Wildman–Crippen LogP) is 3.25.